The van der Waals surface area contributed by atoms with Crippen LogP contribution in [0.1, 0.15) is 32.8 Å². The van der Waals surface area contributed by atoms with Crippen molar-refractivity contribution in [1.29, 1.82) is 0 Å². The van der Waals surface area contributed by atoms with Crippen molar-refractivity contribution >= 4 is 5.69 Å². The lowest BCUT2D eigenvalue weighted by atomic mass is 10.1. The van der Waals surface area contributed by atoms with E-state index in [0.717, 1.165) is 12.5 Å². The molecule has 2 nitrogen and oxygen atoms in total. The maximum Gasteiger partial charge on any atom is 0.418 e. The van der Waals surface area contributed by atoms with Crippen LogP contribution in [0.15, 0.2) is 18.2 Å². The van der Waals surface area contributed by atoms with Crippen LogP contribution in [0.2, 0.25) is 0 Å². The van der Waals surface area contributed by atoms with Gasteiger partial charge in [0, 0.05) is 5.69 Å². The molecule has 0 aliphatic carbocycles. The van der Waals surface area contributed by atoms with Gasteiger partial charge in [-0.25, -0.2) is 0 Å². The number of alkyl halides is 3. The Bertz CT molecular complexity index is 402. The molecule has 0 spiro atoms. The van der Waals surface area contributed by atoms with Crippen LogP contribution in [-0.4, -0.2) is 6.10 Å². The van der Waals surface area contributed by atoms with Gasteiger partial charge in [0.25, 0.3) is 0 Å². The standard InChI is InChI=1S/C13H18F3NO/c1-8(2)6-9(3)18-10-4-5-12(17)11(7-10)13(14,15)16/h4-5,7-9H,6,17H2,1-3H3. The van der Waals surface area contributed by atoms with Crippen molar-refractivity contribution in [2.75, 3.05) is 5.73 Å². The summed E-state index contributed by atoms with van der Waals surface area (Å²) in [5.41, 5.74) is 4.18. The predicted molar refractivity (Wildman–Crippen MR) is 65.4 cm³/mol. The van der Waals surface area contributed by atoms with Crippen LogP contribution in [0.3, 0.4) is 0 Å². The maximum absolute atomic E-state index is 12.6. The fraction of sp³-hybridized carbons (Fsp3) is 0.538. The molecule has 0 saturated carbocycles. The summed E-state index contributed by atoms with van der Waals surface area (Å²) in [6, 6.07) is 3.63. The lowest BCUT2D eigenvalue weighted by Gasteiger charge is -2.18. The molecule has 1 unspecified atom stereocenters. The fourth-order valence-corrected chi connectivity index (χ4v) is 1.80. The van der Waals surface area contributed by atoms with Gasteiger partial charge in [0.2, 0.25) is 0 Å². The number of halogens is 3. The Hall–Kier alpha value is -1.39. The van der Waals surface area contributed by atoms with Gasteiger partial charge in [-0.15, -0.1) is 0 Å². The second kappa shape index (κ2) is 5.50. The van der Waals surface area contributed by atoms with E-state index in [9.17, 15) is 13.2 Å². The van der Waals surface area contributed by atoms with E-state index in [-0.39, 0.29) is 17.5 Å². The molecule has 0 amide bonds. The molecular formula is C13H18F3NO. The molecule has 0 heterocycles. The fourth-order valence-electron chi connectivity index (χ4n) is 1.80. The van der Waals surface area contributed by atoms with E-state index in [4.69, 9.17) is 10.5 Å². The summed E-state index contributed by atoms with van der Waals surface area (Å²) < 4.78 is 43.4. The van der Waals surface area contributed by atoms with E-state index < -0.39 is 11.7 Å². The van der Waals surface area contributed by atoms with Crippen LogP contribution in [-0.2, 0) is 6.18 Å². The number of benzene rings is 1. The molecule has 5 heteroatoms. The van der Waals surface area contributed by atoms with Gasteiger partial charge in [-0.1, -0.05) is 13.8 Å². The quantitative estimate of drug-likeness (QED) is 0.828. The minimum Gasteiger partial charge on any atom is -0.491 e. The first-order valence-corrected chi connectivity index (χ1v) is 5.83. The van der Waals surface area contributed by atoms with E-state index in [0.29, 0.717) is 5.92 Å². The maximum atomic E-state index is 12.6. The van der Waals surface area contributed by atoms with Crippen molar-refractivity contribution in [3.63, 3.8) is 0 Å². The Balaban J connectivity index is 2.86. The lowest BCUT2D eigenvalue weighted by Crippen LogP contribution is -2.15. The highest BCUT2D eigenvalue weighted by Gasteiger charge is 2.33. The number of nitrogen functional groups attached to an aromatic ring is 1. The summed E-state index contributed by atoms with van der Waals surface area (Å²) in [6.45, 7) is 5.90. The van der Waals surface area contributed by atoms with Crippen LogP contribution in [0.25, 0.3) is 0 Å². The molecule has 18 heavy (non-hydrogen) atoms. The second-order valence-electron chi connectivity index (χ2n) is 4.80. The van der Waals surface area contributed by atoms with Gasteiger partial charge in [-0.05, 0) is 37.5 Å². The SMILES string of the molecule is CC(C)CC(C)Oc1ccc(N)c(C(F)(F)F)c1. The molecule has 2 N–H and O–H groups in total. The number of nitrogens with two attached hydrogens (primary N) is 1. The monoisotopic (exact) mass is 261 g/mol. The molecule has 0 fully saturated rings. The third kappa shape index (κ3) is 4.13. The molecule has 1 aromatic rings. The Morgan fingerprint density at radius 1 is 1.22 bits per heavy atom. The Labute approximate surface area is 105 Å². The highest BCUT2D eigenvalue weighted by Crippen LogP contribution is 2.36. The van der Waals surface area contributed by atoms with E-state index in [1.807, 2.05) is 20.8 Å². The molecular weight excluding hydrogens is 243 g/mol. The molecule has 0 radical (unpaired) electrons. The minimum atomic E-state index is -4.45. The first-order valence-electron chi connectivity index (χ1n) is 5.83. The molecule has 1 rings (SSSR count). The average Bonchev–Trinajstić information content (AvgIpc) is 2.17. The van der Waals surface area contributed by atoms with E-state index in [1.165, 1.54) is 12.1 Å². The van der Waals surface area contributed by atoms with Crippen LogP contribution in [0.4, 0.5) is 18.9 Å². The third-order valence-corrected chi connectivity index (χ3v) is 2.47. The molecule has 1 atom stereocenters. The molecule has 0 saturated heterocycles. The van der Waals surface area contributed by atoms with Gasteiger partial charge in [-0.2, -0.15) is 13.2 Å². The van der Waals surface area contributed by atoms with E-state index in [2.05, 4.69) is 0 Å². The van der Waals surface area contributed by atoms with Crippen LogP contribution < -0.4 is 10.5 Å². The number of rotatable bonds is 4. The van der Waals surface area contributed by atoms with Gasteiger partial charge >= 0.3 is 6.18 Å². The van der Waals surface area contributed by atoms with Crippen molar-refractivity contribution in [2.45, 2.75) is 39.5 Å². The Morgan fingerprint density at radius 3 is 2.33 bits per heavy atom. The van der Waals surface area contributed by atoms with Crippen molar-refractivity contribution in [3.05, 3.63) is 23.8 Å². The zero-order chi connectivity index (χ0) is 13.9. The molecule has 102 valence electrons. The van der Waals surface area contributed by atoms with Gasteiger partial charge in [0.05, 0.1) is 11.7 Å². The first-order chi connectivity index (χ1) is 8.20. The summed E-state index contributed by atoms with van der Waals surface area (Å²) in [4.78, 5) is 0. The van der Waals surface area contributed by atoms with Crippen molar-refractivity contribution in [1.82, 2.24) is 0 Å². The largest absolute Gasteiger partial charge is 0.491 e. The first kappa shape index (κ1) is 14.7. The van der Waals surface area contributed by atoms with E-state index >= 15 is 0 Å². The smallest absolute Gasteiger partial charge is 0.418 e. The Morgan fingerprint density at radius 2 is 1.83 bits per heavy atom. The van der Waals surface area contributed by atoms with Gasteiger partial charge in [0.15, 0.2) is 0 Å². The average molecular weight is 261 g/mol. The number of ether oxygens (including phenoxy) is 1. The van der Waals surface area contributed by atoms with Gasteiger partial charge in [0.1, 0.15) is 5.75 Å². The normalized spacial score (nSPS) is 13.7. The summed E-state index contributed by atoms with van der Waals surface area (Å²) >= 11 is 0. The molecule has 0 aliphatic heterocycles. The van der Waals surface area contributed by atoms with Crippen LogP contribution in [0.5, 0.6) is 5.75 Å². The number of anilines is 1. The van der Waals surface area contributed by atoms with Crippen LogP contribution in [0, 0.1) is 5.92 Å². The molecule has 1 aromatic carbocycles. The van der Waals surface area contributed by atoms with Crippen molar-refractivity contribution in [3.8, 4) is 5.75 Å². The second-order valence-corrected chi connectivity index (χ2v) is 4.80. The number of hydrogen-bond acceptors (Lipinski definition) is 2. The lowest BCUT2D eigenvalue weighted by molar-refractivity contribution is -0.137. The minimum absolute atomic E-state index is 0.130. The zero-order valence-corrected chi connectivity index (χ0v) is 10.7. The zero-order valence-electron chi connectivity index (χ0n) is 10.7. The van der Waals surface area contributed by atoms with Crippen molar-refractivity contribution in [2.24, 2.45) is 5.92 Å². The highest BCUT2D eigenvalue weighted by atomic mass is 19.4. The predicted octanol–water partition coefficient (Wildman–Crippen LogP) is 4.10. The third-order valence-electron chi connectivity index (χ3n) is 2.47. The van der Waals surface area contributed by atoms with E-state index in [1.54, 1.807) is 0 Å². The number of hydrogen-bond donors (Lipinski definition) is 1. The van der Waals surface area contributed by atoms with Gasteiger partial charge < -0.3 is 10.5 Å². The molecule has 0 aromatic heterocycles. The summed E-state index contributed by atoms with van der Waals surface area (Å²) in [5.74, 6) is 0.626. The van der Waals surface area contributed by atoms with Crippen LogP contribution >= 0.6 is 0 Å². The molecule has 0 bridgehead atoms. The summed E-state index contributed by atoms with van der Waals surface area (Å²) in [6.07, 6.45) is -3.80. The summed E-state index contributed by atoms with van der Waals surface area (Å²) in [5, 5.41) is 0. The van der Waals surface area contributed by atoms with Gasteiger partial charge in [-0.3, -0.25) is 0 Å². The highest BCUT2D eigenvalue weighted by molar-refractivity contribution is 5.52. The Kier molecular flexibility index (Phi) is 4.48. The molecule has 0 aliphatic rings. The topological polar surface area (TPSA) is 35.2 Å². The summed E-state index contributed by atoms with van der Waals surface area (Å²) in [7, 11) is 0. The van der Waals surface area contributed by atoms with Crippen molar-refractivity contribution < 1.29 is 17.9 Å².